The molecule has 1 aromatic carbocycles. The molecule has 0 saturated heterocycles. The first-order valence-corrected chi connectivity index (χ1v) is 5.40. The van der Waals surface area contributed by atoms with Crippen LogP contribution in [0.15, 0.2) is 12.1 Å². The molecule has 0 amide bonds. The van der Waals surface area contributed by atoms with E-state index in [9.17, 15) is 13.2 Å². The Balaban J connectivity index is 3.27. The van der Waals surface area contributed by atoms with E-state index in [1.165, 1.54) is 20.3 Å². The fourth-order valence-corrected chi connectivity index (χ4v) is 1.65. The van der Waals surface area contributed by atoms with Crippen LogP contribution in [-0.4, -0.2) is 27.8 Å². The second-order valence-corrected chi connectivity index (χ2v) is 3.72. The summed E-state index contributed by atoms with van der Waals surface area (Å²) >= 11 is 0. The van der Waals surface area contributed by atoms with Crippen molar-refractivity contribution in [3.05, 3.63) is 23.3 Å². The monoisotopic (exact) mass is 263 g/mol. The number of methoxy groups -OCH3 is 2. The van der Waals surface area contributed by atoms with E-state index in [-0.39, 0.29) is 17.7 Å². The van der Waals surface area contributed by atoms with Gasteiger partial charge in [-0.2, -0.15) is 13.2 Å². The lowest BCUT2D eigenvalue weighted by Gasteiger charge is -2.16. The maximum absolute atomic E-state index is 12.9. The maximum atomic E-state index is 12.9. The van der Waals surface area contributed by atoms with Crippen molar-refractivity contribution in [2.75, 3.05) is 27.8 Å². The molecule has 0 radical (unpaired) electrons. The zero-order valence-corrected chi connectivity index (χ0v) is 10.5. The van der Waals surface area contributed by atoms with Gasteiger partial charge in [-0.15, -0.1) is 0 Å². The van der Waals surface area contributed by atoms with Crippen LogP contribution in [0.1, 0.15) is 11.1 Å². The summed E-state index contributed by atoms with van der Waals surface area (Å²) in [4.78, 5) is 0. The quantitative estimate of drug-likeness (QED) is 0.885. The molecule has 0 aliphatic rings. The summed E-state index contributed by atoms with van der Waals surface area (Å²) < 4.78 is 48.6. The Morgan fingerprint density at radius 2 is 1.67 bits per heavy atom. The third-order valence-corrected chi connectivity index (χ3v) is 2.56. The number of hydrogen-bond acceptors (Lipinski definition) is 3. The average Bonchev–Trinajstić information content (AvgIpc) is 2.33. The molecule has 1 N–H and O–H groups in total. The van der Waals surface area contributed by atoms with Gasteiger partial charge in [-0.1, -0.05) is 0 Å². The lowest BCUT2D eigenvalue weighted by molar-refractivity contribution is -0.138. The molecule has 0 unspecified atom stereocenters. The second kappa shape index (κ2) is 5.95. The van der Waals surface area contributed by atoms with Crippen molar-refractivity contribution in [2.45, 2.75) is 12.6 Å². The van der Waals surface area contributed by atoms with Crippen LogP contribution in [-0.2, 0) is 12.6 Å². The average molecular weight is 263 g/mol. The van der Waals surface area contributed by atoms with Crippen LogP contribution in [0.25, 0.3) is 0 Å². The lowest BCUT2D eigenvalue weighted by Crippen LogP contribution is -2.15. The van der Waals surface area contributed by atoms with Gasteiger partial charge >= 0.3 is 6.18 Å². The molecule has 102 valence electrons. The molecule has 0 aliphatic carbocycles. The number of rotatable bonds is 5. The van der Waals surface area contributed by atoms with Crippen molar-refractivity contribution in [1.82, 2.24) is 5.32 Å². The normalized spacial score (nSPS) is 11.4. The molecule has 0 saturated carbocycles. The van der Waals surface area contributed by atoms with Crippen molar-refractivity contribution >= 4 is 0 Å². The summed E-state index contributed by atoms with van der Waals surface area (Å²) in [6.07, 6.45) is -4.13. The number of benzene rings is 1. The highest BCUT2D eigenvalue weighted by atomic mass is 19.4. The molecule has 0 aromatic heterocycles. The molecule has 1 aromatic rings. The van der Waals surface area contributed by atoms with E-state index < -0.39 is 11.7 Å². The Morgan fingerprint density at radius 3 is 2.11 bits per heavy atom. The van der Waals surface area contributed by atoms with Gasteiger partial charge in [-0.05, 0) is 37.7 Å². The highest BCUT2D eigenvalue weighted by molar-refractivity contribution is 5.48. The first-order chi connectivity index (χ1) is 8.43. The van der Waals surface area contributed by atoms with Crippen molar-refractivity contribution in [3.63, 3.8) is 0 Å². The Hall–Kier alpha value is -1.43. The van der Waals surface area contributed by atoms with Crippen LogP contribution < -0.4 is 14.8 Å². The minimum Gasteiger partial charge on any atom is -0.493 e. The Bertz CT molecular complexity index is 405. The molecule has 0 spiro atoms. The Morgan fingerprint density at radius 1 is 1.11 bits per heavy atom. The predicted octanol–water partition coefficient (Wildman–Crippen LogP) is 2.48. The molecular weight excluding hydrogens is 247 g/mol. The van der Waals surface area contributed by atoms with Gasteiger partial charge < -0.3 is 14.8 Å². The van der Waals surface area contributed by atoms with Crippen LogP contribution in [0.3, 0.4) is 0 Å². The molecule has 1 rings (SSSR count). The van der Waals surface area contributed by atoms with E-state index in [4.69, 9.17) is 9.47 Å². The third kappa shape index (κ3) is 3.29. The highest BCUT2D eigenvalue weighted by Gasteiger charge is 2.34. The minimum absolute atomic E-state index is 0.0815. The van der Waals surface area contributed by atoms with Gasteiger partial charge in [0.25, 0.3) is 0 Å². The second-order valence-electron chi connectivity index (χ2n) is 3.72. The van der Waals surface area contributed by atoms with Gasteiger partial charge in [0.05, 0.1) is 19.8 Å². The summed E-state index contributed by atoms with van der Waals surface area (Å²) in [5, 5.41) is 2.82. The summed E-state index contributed by atoms with van der Waals surface area (Å²) in [6.45, 7) is 0.457. The Labute approximate surface area is 104 Å². The molecule has 0 atom stereocenters. The first kappa shape index (κ1) is 14.6. The molecule has 0 fully saturated rings. The third-order valence-electron chi connectivity index (χ3n) is 2.56. The summed E-state index contributed by atoms with van der Waals surface area (Å²) in [5.41, 5.74) is -0.495. The van der Waals surface area contributed by atoms with Crippen LogP contribution in [0.4, 0.5) is 13.2 Å². The predicted molar refractivity (Wildman–Crippen MR) is 62.2 cm³/mol. The van der Waals surface area contributed by atoms with Gasteiger partial charge in [0.1, 0.15) is 0 Å². The summed E-state index contributed by atoms with van der Waals surface area (Å²) in [7, 11) is 4.40. The zero-order valence-electron chi connectivity index (χ0n) is 10.5. The van der Waals surface area contributed by atoms with Crippen LogP contribution in [0.5, 0.6) is 11.5 Å². The molecular formula is C12H16F3NO2. The van der Waals surface area contributed by atoms with E-state index in [1.54, 1.807) is 7.05 Å². The highest BCUT2D eigenvalue weighted by Crippen LogP contribution is 2.39. The number of nitrogens with one attached hydrogen (secondary N) is 1. The number of ether oxygens (including phenoxy) is 2. The lowest BCUT2D eigenvalue weighted by atomic mass is 10.0. The van der Waals surface area contributed by atoms with Gasteiger partial charge in [-0.3, -0.25) is 0 Å². The fraction of sp³-hybridized carbons (Fsp3) is 0.500. The van der Waals surface area contributed by atoms with E-state index in [0.717, 1.165) is 6.07 Å². The first-order valence-electron chi connectivity index (χ1n) is 5.40. The van der Waals surface area contributed by atoms with Gasteiger partial charge in [0.2, 0.25) is 0 Å². The van der Waals surface area contributed by atoms with E-state index in [0.29, 0.717) is 12.3 Å². The SMILES string of the molecule is CNCCc1cc(OC)c(OC)cc1C(F)(F)F. The molecule has 0 bridgehead atoms. The zero-order chi connectivity index (χ0) is 13.8. The standard InChI is InChI=1S/C12H16F3NO2/c1-16-5-4-8-6-10(17-2)11(18-3)7-9(8)12(13,14)15/h6-7,16H,4-5H2,1-3H3. The van der Waals surface area contributed by atoms with Gasteiger partial charge in [0.15, 0.2) is 11.5 Å². The fourth-order valence-electron chi connectivity index (χ4n) is 1.65. The smallest absolute Gasteiger partial charge is 0.416 e. The van der Waals surface area contributed by atoms with E-state index in [2.05, 4.69) is 5.32 Å². The van der Waals surface area contributed by atoms with Crippen LogP contribution in [0.2, 0.25) is 0 Å². The molecule has 0 aliphatic heterocycles. The summed E-state index contributed by atoms with van der Waals surface area (Å²) in [5.74, 6) is 0.384. The largest absolute Gasteiger partial charge is 0.493 e. The number of hydrogen-bond donors (Lipinski definition) is 1. The number of likely N-dealkylation sites (N-methyl/N-ethyl adjacent to an activating group) is 1. The van der Waals surface area contributed by atoms with Crippen molar-refractivity contribution < 1.29 is 22.6 Å². The van der Waals surface area contributed by atoms with E-state index >= 15 is 0 Å². The molecule has 0 heterocycles. The van der Waals surface area contributed by atoms with Gasteiger partial charge in [0, 0.05) is 0 Å². The van der Waals surface area contributed by atoms with Crippen molar-refractivity contribution in [3.8, 4) is 11.5 Å². The molecule has 18 heavy (non-hydrogen) atoms. The number of alkyl halides is 3. The topological polar surface area (TPSA) is 30.5 Å². The van der Waals surface area contributed by atoms with Crippen molar-refractivity contribution in [1.29, 1.82) is 0 Å². The van der Waals surface area contributed by atoms with Crippen LogP contribution in [0, 0.1) is 0 Å². The molecule has 6 heteroatoms. The maximum Gasteiger partial charge on any atom is 0.416 e. The van der Waals surface area contributed by atoms with E-state index in [1.807, 2.05) is 0 Å². The number of halogens is 3. The molecule has 3 nitrogen and oxygen atoms in total. The van der Waals surface area contributed by atoms with Crippen molar-refractivity contribution in [2.24, 2.45) is 0 Å². The summed E-state index contributed by atoms with van der Waals surface area (Å²) in [6, 6.07) is 2.35. The Kier molecular flexibility index (Phi) is 4.84. The van der Waals surface area contributed by atoms with Crippen LogP contribution >= 0.6 is 0 Å². The minimum atomic E-state index is -4.40. The van der Waals surface area contributed by atoms with Gasteiger partial charge in [-0.25, -0.2) is 0 Å².